The second-order valence-electron chi connectivity index (χ2n) is 11.0. The molecular formula is C28H41N3O5. The smallest absolute Gasteiger partial charge is 0.245 e. The van der Waals surface area contributed by atoms with Gasteiger partial charge in [0, 0.05) is 37.4 Å². The summed E-state index contributed by atoms with van der Waals surface area (Å²) in [6.45, 7) is 9.49. The van der Waals surface area contributed by atoms with Crippen molar-refractivity contribution >= 4 is 23.5 Å². The zero-order valence-corrected chi connectivity index (χ0v) is 22.3. The fourth-order valence-corrected chi connectivity index (χ4v) is 5.19. The number of ether oxygens (including phenoxy) is 1. The second kappa shape index (κ2) is 12.4. The minimum Gasteiger partial charge on any atom is -0.497 e. The lowest BCUT2D eigenvalue weighted by Gasteiger charge is -2.28. The highest BCUT2D eigenvalue weighted by molar-refractivity contribution is 6.02. The molecule has 1 aliphatic heterocycles. The molecule has 198 valence electrons. The van der Waals surface area contributed by atoms with Crippen molar-refractivity contribution in [1.82, 2.24) is 15.5 Å². The predicted molar refractivity (Wildman–Crippen MR) is 138 cm³/mol. The molecule has 1 aliphatic carbocycles. The Hall–Kier alpha value is -2.90. The van der Waals surface area contributed by atoms with Gasteiger partial charge in [0.25, 0.3) is 0 Å². The van der Waals surface area contributed by atoms with Crippen LogP contribution in [-0.4, -0.2) is 60.7 Å². The van der Waals surface area contributed by atoms with Crippen LogP contribution < -0.4 is 15.4 Å². The van der Waals surface area contributed by atoms with E-state index >= 15 is 0 Å². The average Bonchev–Trinajstić information content (AvgIpc) is 3.45. The summed E-state index contributed by atoms with van der Waals surface area (Å²) in [4.78, 5) is 53.8. The maximum absolute atomic E-state index is 13.3. The average molecular weight is 500 g/mol. The third-order valence-electron chi connectivity index (χ3n) is 6.96. The van der Waals surface area contributed by atoms with E-state index in [-0.39, 0.29) is 54.1 Å². The number of methoxy groups -OCH3 is 1. The van der Waals surface area contributed by atoms with Gasteiger partial charge in [0.2, 0.25) is 17.7 Å². The van der Waals surface area contributed by atoms with Crippen LogP contribution >= 0.6 is 0 Å². The molecule has 1 saturated heterocycles. The normalized spacial score (nSPS) is 18.8. The number of rotatable bonds is 11. The summed E-state index contributed by atoms with van der Waals surface area (Å²) in [6.07, 6.45) is 3.34. The summed E-state index contributed by atoms with van der Waals surface area (Å²) in [5, 5.41) is 5.85. The highest BCUT2D eigenvalue weighted by atomic mass is 16.5. The van der Waals surface area contributed by atoms with Gasteiger partial charge in [-0.3, -0.25) is 19.2 Å². The number of carbonyl (C=O) groups is 4. The number of ketones is 1. The Morgan fingerprint density at radius 2 is 1.64 bits per heavy atom. The van der Waals surface area contributed by atoms with Crippen LogP contribution in [0.3, 0.4) is 0 Å². The highest BCUT2D eigenvalue weighted by Crippen LogP contribution is 2.37. The Balaban J connectivity index is 1.68. The number of fused-ring (bicyclic) bond motifs is 1. The van der Waals surface area contributed by atoms with E-state index in [1.807, 2.05) is 38.7 Å². The van der Waals surface area contributed by atoms with E-state index in [0.717, 1.165) is 31.5 Å². The Morgan fingerprint density at radius 3 is 2.25 bits per heavy atom. The van der Waals surface area contributed by atoms with Crippen LogP contribution in [0.4, 0.5) is 0 Å². The topological polar surface area (TPSA) is 105 Å². The van der Waals surface area contributed by atoms with Crippen LogP contribution in [0.25, 0.3) is 0 Å². The number of hydrogen-bond acceptors (Lipinski definition) is 5. The first kappa shape index (κ1) is 27.7. The van der Waals surface area contributed by atoms with Gasteiger partial charge in [0.15, 0.2) is 5.78 Å². The van der Waals surface area contributed by atoms with Gasteiger partial charge in [-0.25, -0.2) is 0 Å². The van der Waals surface area contributed by atoms with Gasteiger partial charge < -0.3 is 20.3 Å². The minimum atomic E-state index is -0.750. The Kier molecular flexibility index (Phi) is 9.51. The Labute approximate surface area is 214 Å². The van der Waals surface area contributed by atoms with Crippen molar-refractivity contribution in [3.8, 4) is 5.75 Å². The van der Waals surface area contributed by atoms with Gasteiger partial charge in [-0.15, -0.1) is 0 Å². The van der Waals surface area contributed by atoms with E-state index in [1.165, 1.54) is 0 Å². The molecule has 1 aromatic carbocycles. The van der Waals surface area contributed by atoms with Crippen molar-refractivity contribution in [2.24, 2.45) is 11.8 Å². The minimum absolute atomic E-state index is 0.0129. The van der Waals surface area contributed by atoms with E-state index in [2.05, 4.69) is 10.6 Å². The number of carbonyl (C=O) groups excluding carboxylic acids is 4. The van der Waals surface area contributed by atoms with Crippen molar-refractivity contribution in [2.75, 3.05) is 20.2 Å². The van der Waals surface area contributed by atoms with Crippen molar-refractivity contribution in [3.05, 3.63) is 29.3 Å². The fraction of sp³-hybridized carbons (Fsp3) is 0.643. The van der Waals surface area contributed by atoms with Crippen molar-refractivity contribution < 1.29 is 23.9 Å². The van der Waals surface area contributed by atoms with E-state index in [4.69, 9.17) is 4.74 Å². The molecule has 3 rings (SSSR count). The molecule has 36 heavy (non-hydrogen) atoms. The summed E-state index contributed by atoms with van der Waals surface area (Å²) in [5.41, 5.74) is 1.44. The SMILES string of the molecule is COc1ccc2c(c1)C(CC(=O)N[C@@H](CC(C)C)C(=O)N[C@H](CC(C)C)C(=O)N1CCCC1)CC2=O. The summed E-state index contributed by atoms with van der Waals surface area (Å²) in [5.74, 6) is 0.142. The molecule has 2 aliphatic rings. The van der Waals surface area contributed by atoms with Crippen LogP contribution in [0.5, 0.6) is 5.75 Å². The molecule has 1 aromatic rings. The van der Waals surface area contributed by atoms with E-state index < -0.39 is 12.1 Å². The second-order valence-corrected chi connectivity index (χ2v) is 11.0. The summed E-state index contributed by atoms with van der Waals surface area (Å²) in [6, 6.07) is 3.96. The highest BCUT2D eigenvalue weighted by Gasteiger charge is 2.34. The summed E-state index contributed by atoms with van der Waals surface area (Å²) in [7, 11) is 1.57. The lowest BCUT2D eigenvalue weighted by atomic mass is 9.96. The molecule has 2 N–H and O–H groups in total. The van der Waals surface area contributed by atoms with E-state index in [9.17, 15) is 19.2 Å². The maximum Gasteiger partial charge on any atom is 0.245 e. The fourth-order valence-electron chi connectivity index (χ4n) is 5.19. The monoisotopic (exact) mass is 499 g/mol. The molecule has 8 heteroatoms. The van der Waals surface area contributed by atoms with Gasteiger partial charge in [-0.1, -0.05) is 27.7 Å². The quantitative estimate of drug-likeness (QED) is 0.485. The molecule has 3 amide bonds. The molecule has 0 bridgehead atoms. The van der Waals surface area contributed by atoms with Gasteiger partial charge in [-0.2, -0.15) is 0 Å². The largest absolute Gasteiger partial charge is 0.497 e. The number of likely N-dealkylation sites (tertiary alicyclic amines) is 1. The zero-order chi connectivity index (χ0) is 26.4. The molecule has 8 nitrogen and oxygen atoms in total. The molecule has 1 heterocycles. The molecule has 3 atom stereocenters. The van der Waals surface area contributed by atoms with Crippen molar-refractivity contribution in [1.29, 1.82) is 0 Å². The summed E-state index contributed by atoms with van der Waals surface area (Å²) >= 11 is 0. The van der Waals surface area contributed by atoms with Crippen LogP contribution in [0, 0.1) is 11.8 Å². The Bertz CT molecular complexity index is 968. The first-order valence-corrected chi connectivity index (χ1v) is 13.2. The number of hydrogen-bond donors (Lipinski definition) is 2. The molecule has 0 spiro atoms. The van der Waals surface area contributed by atoms with Crippen LogP contribution in [-0.2, 0) is 14.4 Å². The first-order valence-electron chi connectivity index (χ1n) is 13.2. The molecule has 0 saturated carbocycles. The van der Waals surface area contributed by atoms with Crippen LogP contribution in [0.2, 0.25) is 0 Å². The zero-order valence-electron chi connectivity index (χ0n) is 22.3. The van der Waals surface area contributed by atoms with Gasteiger partial charge >= 0.3 is 0 Å². The van der Waals surface area contributed by atoms with Gasteiger partial charge in [0.05, 0.1) is 7.11 Å². The lowest BCUT2D eigenvalue weighted by Crippen LogP contribution is -2.54. The molecule has 0 aromatic heterocycles. The number of benzene rings is 1. The molecule has 0 radical (unpaired) electrons. The van der Waals surface area contributed by atoms with E-state index in [1.54, 1.807) is 19.2 Å². The number of Topliss-reactive ketones (excluding diaryl/α,β-unsaturated/α-hetero) is 1. The number of nitrogens with zero attached hydrogens (tertiary/aromatic N) is 1. The molecule has 1 unspecified atom stereocenters. The standard InChI is InChI=1S/C28H41N3O5/c1-17(2)12-23(27(34)30-24(13-18(3)4)28(35)31-10-6-7-11-31)29-26(33)15-19-14-25(32)21-9-8-20(36-5)16-22(19)21/h8-9,16-19,23-24H,6-7,10-15H2,1-5H3,(H,29,33)(H,30,34)/t19?,23-,24+/m0/s1. The lowest BCUT2D eigenvalue weighted by molar-refractivity contribution is -0.137. The number of nitrogens with one attached hydrogen (secondary N) is 2. The van der Waals surface area contributed by atoms with Gasteiger partial charge in [0.1, 0.15) is 17.8 Å². The van der Waals surface area contributed by atoms with Crippen LogP contribution in [0.1, 0.15) is 88.1 Å². The molecular weight excluding hydrogens is 458 g/mol. The molecule has 1 fully saturated rings. The van der Waals surface area contributed by atoms with E-state index in [0.29, 0.717) is 24.2 Å². The van der Waals surface area contributed by atoms with Crippen molar-refractivity contribution in [2.45, 2.75) is 84.2 Å². The first-order chi connectivity index (χ1) is 17.1. The predicted octanol–water partition coefficient (Wildman–Crippen LogP) is 3.44. The maximum atomic E-state index is 13.3. The Morgan fingerprint density at radius 1 is 1.00 bits per heavy atom. The van der Waals surface area contributed by atoms with Gasteiger partial charge in [-0.05, 0) is 61.3 Å². The van der Waals surface area contributed by atoms with Crippen molar-refractivity contribution in [3.63, 3.8) is 0 Å². The van der Waals surface area contributed by atoms with Crippen LogP contribution in [0.15, 0.2) is 18.2 Å². The third kappa shape index (κ3) is 7.08. The summed E-state index contributed by atoms with van der Waals surface area (Å²) < 4.78 is 5.29. The third-order valence-corrected chi connectivity index (χ3v) is 6.96. The number of amides is 3.